The molecule has 0 amide bonds. The van der Waals surface area contributed by atoms with Crippen LogP contribution in [0.15, 0.2) is 51.7 Å². The van der Waals surface area contributed by atoms with E-state index in [2.05, 4.69) is 15.9 Å². The standard InChI is InChI=1S/C13H11BrO3/c14-8-1-2-9-16-11-5-3-4-10-6-7-12(15)17-13(10)11/h1-7H,8-9H2/b2-1+. The molecule has 1 aromatic heterocycles. The Morgan fingerprint density at radius 2 is 2.12 bits per heavy atom. The van der Waals surface area contributed by atoms with Crippen molar-refractivity contribution in [2.45, 2.75) is 0 Å². The second-order valence-corrected chi connectivity index (χ2v) is 4.01. The molecule has 0 radical (unpaired) electrons. The Kier molecular flexibility index (Phi) is 3.98. The first kappa shape index (κ1) is 11.9. The summed E-state index contributed by atoms with van der Waals surface area (Å²) in [5.74, 6) is 0.583. The highest BCUT2D eigenvalue weighted by Crippen LogP contribution is 2.23. The highest BCUT2D eigenvalue weighted by atomic mass is 79.9. The van der Waals surface area contributed by atoms with E-state index < -0.39 is 0 Å². The summed E-state index contributed by atoms with van der Waals surface area (Å²) in [6.07, 6.45) is 3.84. The second-order valence-electron chi connectivity index (χ2n) is 3.37. The van der Waals surface area contributed by atoms with E-state index in [-0.39, 0.29) is 5.63 Å². The van der Waals surface area contributed by atoms with Gasteiger partial charge < -0.3 is 9.15 Å². The molecule has 2 aromatic rings. The molecule has 0 saturated heterocycles. The van der Waals surface area contributed by atoms with Crippen LogP contribution >= 0.6 is 15.9 Å². The molecule has 0 aliphatic rings. The van der Waals surface area contributed by atoms with Gasteiger partial charge in [-0.1, -0.05) is 40.2 Å². The Morgan fingerprint density at radius 3 is 2.94 bits per heavy atom. The molecule has 0 saturated carbocycles. The van der Waals surface area contributed by atoms with Crippen LogP contribution in [0.5, 0.6) is 5.75 Å². The van der Waals surface area contributed by atoms with Gasteiger partial charge in [0.25, 0.3) is 0 Å². The number of hydrogen-bond donors (Lipinski definition) is 0. The van der Waals surface area contributed by atoms with Crippen molar-refractivity contribution in [2.24, 2.45) is 0 Å². The van der Waals surface area contributed by atoms with Crippen molar-refractivity contribution in [2.75, 3.05) is 11.9 Å². The summed E-state index contributed by atoms with van der Waals surface area (Å²) >= 11 is 3.28. The summed E-state index contributed by atoms with van der Waals surface area (Å²) < 4.78 is 10.7. The van der Waals surface area contributed by atoms with Crippen LogP contribution in [0.1, 0.15) is 0 Å². The number of hydrogen-bond acceptors (Lipinski definition) is 3. The van der Waals surface area contributed by atoms with Crippen LogP contribution in [0.2, 0.25) is 0 Å². The van der Waals surface area contributed by atoms with Crippen molar-refractivity contribution >= 4 is 26.9 Å². The molecule has 0 atom stereocenters. The molecule has 0 bridgehead atoms. The lowest BCUT2D eigenvalue weighted by Gasteiger charge is -2.05. The summed E-state index contributed by atoms with van der Waals surface area (Å²) in [6.45, 7) is 0.448. The molecular formula is C13H11BrO3. The summed E-state index contributed by atoms with van der Waals surface area (Å²) in [5.41, 5.74) is 0.122. The number of fused-ring (bicyclic) bond motifs is 1. The molecule has 1 heterocycles. The van der Waals surface area contributed by atoms with Gasteiger partial charge in [0.1, 0.15) is 6.61 Å². The SMILES string of the molecule is O=c1ccc2cccc(OC/C=C/CBr)c2o1. The number of para-hydroxylation sites is 1. The van der Waals surface area contributed by atoms with Crippen LogP contribution in [-0.4, -0.2) is 11.9 Å². The average molecular weight is 295 g/mol. The van der Waals surface area contributed by atoms with Gasteiger partial charge in [-0.05, 0) is 12.1 Å². The van der Waals surface area contributed by atoms with E-state index >= 15 is 0 Å². The lowest BCUT2D eigenvalue weighted by atomic mass is 10.2. The molecule has 0 aliphatic heterocycles. The van der Waals surface area contributed by atoms with Crippen molar-refractivity contribution in [1.82, 2.24) is 0 Å². The third-order valence-corrected chi connectivity index (χ3v) is 2.58. The number of benzene rings is 1. The highest BCUT2D eigenvalue weighted by molar-refractivity contribution is 9.09. The minimum atomic E-state index is -0.371. The van der Waals surface area contributed by atoms with Crippen LogP contribution in [0.25, 0.3) is 11.0 Å². The first-order valence-electron chi connectivity index (χ1n) is 5.18. The quantitative estimate of drug-likeness (QED) is 0.494. The van der Waals surface area contributed by atoms with E-state index in [9.17, 15) is 4.79 Å². The molecule has 17 heavy (non-hydrogen) atoms. The first-order chi connectivity index (χ1) is 8.31. The van der Waals surface area contributed by atoms with Gasteiger partial charge >= 0.3 is 5.63 Å². The van der Waals surface area contributed by atoms with Gasteiger partial charge in [-0.2, -0.15) is 0 Å². The van der Waals surface area contributed by atoms with Crippen LogP contribution in [0.3, 0.4) is 0 Å². The topological polar surface area (TPSA) is 39.4 Å². The fourth-order valence-electron chi connectivity index (χ4n) is 1.45. The number of alkyl halides is 1. The molecule has 88 valence electrons. The second kappa shape index (κ2) is 5.68. The Bertz CT molecular complexity index is 586. The zero-order valence-corrected chi connectivity index (χ0v) is 10.6. The maximum atomic E-state index is 11.2. The number of ether oxygens (including phenoxy) is 1. The molecule has 2 rings (SSSR count). The van der Waals surface area contributed by atoms with E-state index in [0.717, 1.165) is 10.7 Å². The lowest BCUT2D eigenvalue weighted by molar-refractivity contribution is 0.358. The minimum Gasteiger partial charge on any atom is -0.486 e. The predicted molar refractivity (Wildman–Crippen MR) is 70.9 cm³/mol. The van der Waals surface area contributed by atoms with Gasteiger partial charge in [0, 0.05) is 16.8 Å². The minimum absolute atomic E-state index is 0.371. The molecule has 3 nitrogen and oxygen atoms in total. The predicted octanol–water partition coefficient (Wildman–Crippen LogP) is 3.12. The molecule has 0 unspecified atom stereocenters. The zero-order valence-electron chi connectivity index (χ0n) is 9.06. The number of rotatable bonds is 4. The molecule has 1 aromatic carbocycles. The molecular weight excluding hydrogens is 284 g/mol. The lowest BCUT2D eigenvalue weighted by Crippen LogP contribution is -1.98. The van der Waals surface area contributed by atoms with Gasteiger partial charge in [-0.3, -0.25) is 0 Å². The van der Waals surface area contributed by atoms with Crippen molar-refractivity contribution in [1.29, 1.82) is 0 Å². The van der Waals surface area contributed by atoms with Gasteiger partial charge in [0.05, 0.1) is 0 Å². The molecule has 0 fully saturated rings. The van der Waals surface area contributed by atoms with Crippen molar-refractivity contribution in [3.05, 3.63) is 52.9 Å². The third-order valence-electron chi connectivity index (χ3n) is 2.20. The Balaban J connectivity index is 2.30. The summed E-state index contributed by atoms with van der Waals surface area (Å²) in [5, 5.41) is 1.65. The van der Waals surface area contributed by atoms with E-state index in [1.54, 1.807) is 12.1 Å². The first-order valence-corrected chi connectivity index (χ1v) is 6.30. The summed E-state index contributed by atoms with van der Waals surface area (Å²) in [6, 6.07) is 8.65. The summed E-state index contributed by atoms with van der Waals surface area (Å²) in [7, 11) is 0. The molecule has 0 N–H and O–H groups in total. The maximum absolute atomic E-state index is 11.2. The zero-order chi connectivity index (χ0) is 12.1. The summed E-state index contributed by atoms with van der Waals surface area (Å²) in [4.78, 5) is 11.2. The monoisotopic (exact) mass is 294 g/mol. The van der Waals surface area contributed by atoms with Crippen LogP contribution in [-0.2, 0) is 0 Å². The Labute approximate surface area is 107 Å². The fourth-order valence-corrected chi connectivity index (χ4v) is 1.71. The maximum Gasteiger partial charge on any atom is 0.336 e. The van der Waals surface area contributed by atoms with Crippen LogP contribution in [0, 0.1) is 0 Å². The van der Waals surface area contributed by atoms with Gasteiger partial charge in [-0.15, -0.1) is 0 Å². The van der Waals surface area contributed by atoms with Crippen molar-refractivity contribution in [3.63, 3.8) is 0 Å². The molecule has 0 spiro atoms. The van der Waals surface area contributed by atoms with E-state index in [0.29, 0.717) is 17.9 Å². The largest absolute Gasteiger partial charge is 0.486 e. The van der Waals surface area contributed by atoms with E-state index in [1.807, 2.05) is 24.3 Å². The Morgan fingerprint density at radius 1 is 1.24 bits per heavy atom. The van der Waals surface area contributed by atoms with E-state index in [4.69, 9.17) is 9.15 Å². The molecule has 0 aliphatic carbocycles. The highest BCUT2D eigenvalue weighted by Gasteiger charge is 2.03. The van der Waals surface area contributed by atoms with Crippen LogP contribution in [0.4, 0.5) is 0 Å². The smallest absolute Gasteiger partial charge is 0.336 e. The van der Waals surface area contributed by atoms with Gasteiger partial charge in [0.15, 0.2) is 11.3 Å². The molecule has 4 heteroatoms. The normalized spacial score (nSPS) is 11.1. The van der Waals surface area contributed by atoms with Crippen LogP contribution < -0.4 is 10.4 Å². The van der Waals surface area contributed by atoms with Crippen molar-refractivity contribution in [3.8, 4) is 5.75 Å². The van der Waals surface area contributed by atoms with Gasteiger partial charge in [-0.25, -0.2) is 4.79 Å². The third kappa shape index (κ3) is 2.97. The van der Waals surface area contributed by atoms with Crippen molar-refractivity contribution < 1.29 is 9.15 Å². The van der Waals surface area contributed by atoms with Gasteiger partial charge in [0.2, 0.25) is 0 Å². The fraction of sp³-hybridized carbons (Fsp3) is 0.154. The number of halogens is 1. The van der Waals surface area contributed by atoms with E-state index in [1.165, 1.54) is 6.07 Å². The average Bonchev–Trinajstić information content (AvgIpc) is 2.35. The number of allylic oxidation sites excluding steroid dienone is 1. The Hall–Kier alpha value is -1.55.